The summed E-state index contributed by atoms with van der Waals surface area (Å²) in [7, 11) is 0. The van der Waals surface area contributed by atoms with Gasteiger partial charge < -0.3 is 20.1 Å². The number of amides is 2. The van der Waals surface area contributed by atoms with Crippen LogP contribution >= 0.6 is 11.3 Å². The molecule has 2 N–H and O–H groups in total. The van der Waals surface area contributed by atoms with Crippen molar-refractivity contribution in [3.63, 3.8) is 0 Å². The SMILES string of the molecule is O=C(Cc1cccc(OC(F)(F)F)c1)Nc1ccc(CCCCc2nnc(NC(=O)Cc3cccc(OC(F)(F)F)c3)s2)cn1. The van der Waals surface area contributed by atoms with E-state index >= 15 is 0 Å². The van der Waals surface area contributed by atoms with Crippen LogP contribution < -0.4 is 20.1 Å². The van der Waals surface area contributed by atoms with Crippen molar-refractivity contribution in [2.24, 2.45) is 0 Å². The Kier molecular flexibility index (Phi) is 10.9. The Balaban J connectivity index is 1.16. The van der Waals surface area contributed by atoms with Gasteiger partial charge in [-0.05, 0) is 66.3 Å². The van der Waals surface area contributed by atoms with Crippen LogP contribution in [0, 0.1) is 0 Å². The third kappa shape index (κ3) is 12.1. The van der Waals surface area contributed by atoms with Crippen molar-refractivity contribution in [1.82, 2.24) is 15.2 Å². The highest BCUT2D eigenvalue weighted by Gasteiger charge is 2.32. The number of nitrogens with zero attached hydrogens (tertiary/aromatic N) is 3. The molecule has 2 heterocycles. The number of carbonyl (C=O) groups is 2. The van der Waals surface area contributed by atoms with E-state index in [-0.39, 0.29) is 18.0 Å². The molecule has 2 amide bonds. The maximum absolute atomic E-state index is 12.4. The van der Waals surface area contributed by atoms with Crippen LogP contribution in [0.15, 0.2) is 66.9 Å². The molecular formula is C29H25F6N5O4S. The fourth-order valence-electron chi connectivity index (χ4n) is 4.08. The van der Waals surface area contributed by atoms with Crippen LogP contribution in [0.1, 0.15) is 34.5 Å². The number of nitrogens with one attached hydrogen (secondary N) is 2. The second-order valence-electron chi connectivity index (χ2n) is 9.60. The Labute approximate surface area is 256 Å². The minimum atomic E-state index is -4.83. The second-order valence-corrected chi connectivity index (χ2v) is 10.7. The highest BCUT2D eigenvalue weighted by molar-refractivity contribution is 7.15. The average Bonchev–Trinajstić information content (AvgIpc) is 3.37. The summed E-state index contributed by atoms with van der Waals surface area (Å²) in [4.78, 5) is 28.9. The van der Waals surface area contributed by atoms with Crippen LogP contribution in [0.5, 0.6) is 11.5 Å². The quantitative estimate of drug-likeness (QED) is 0.123. The van der Waals surface area contributed by atoms with E-state index in [1.807, 2.05) is 6.07 Å². The lowest BCUT2D eigenvalue weighted by atomic mass is 10.1. The summed E-state index contributed by atoms with van der Waals surface area (Å²) in [5.74, 6) is -1.42. The van der Waals surface area contributed by atoms with Crippen molar-refractivity contribution in [1.29, 1.82) is 0 Å². The monoisotopic (exact) mass is 653 g/mol. The zero-order valence-corrected chi connectivity index (χ0v) is 24.1. The van der Waals surface area contributed by atoms with Crippen LogP contribution in [-0.2, 0) is 35.3 Å². The Morgan fingerprint density at radius 1 is 0.711 bits per heavy atom. The van der Waals surface area contributed by atoms with E-state index in [0.717, 1.165) is 42.7 Å². The number of aryl methyl sites for hydroxylation is 2. The second kappa shape index (κ2) is 14.8. The third-order valence-corrected chi connectivity index (χ3v) is 6.80. The lowest BCUT2D eigenvalue weighted by Crippen LogP contribution is -2.18. The Morgan fingerprint density at radius 3 is 1.84 bits per heavy atom. The first-order chi connectivity index (χ1) is 21.3. The Morgan fingerprint density at radius 2 is 1.29 bits per heavy atom. The predicted octanol–water partition coefficient (Wildman–Crippen LogP) is 6.66. The summed E-state index contributed by atoms with van der Waals surface area (Å²) in [6, 6.07) is 13.8. The van der Waals surface area contributed by atoms with Crippen molar-refractivity contribution in [3.8, 4) is 11.5 Å². The molecule has 2 aromatic carbocycles. The number of hydrogen-bond donors (Lipinski definition) is 2. The summed E-state index contributed by atoms with van der Waals surface area (Å²) >= 11 is 1.20. The molecule has 0 aliphatic rings. The molecule has 0 saturated heterocycles. The van der Waals surface area contributed by atoms with Crippen LogP contribution in [0.4, 0.5) is 37.3 Å². The molecule has 0 fully saturated rings. The van der Waals surface area contributed by atoms with Gasteiger partial charge in [-0.15, -0.1) is 36.5 Å². The smallest absolute Gasteiger partial charge is 0.406 e. The predicted molar refractivity (Wildman–Crippen MR) is 152 cm³/mol. The normalized spacial score (nSPS) is 11.6. The molecule has 45 heavy (non-hydrogen) atoms. The van der Waals surface area contributed by atoms with Crippen molar-refractivity contribution in [2.75, 3.05) is 10.6 Å². The van der Waals surface area contributed by atoms with Gasteiger partial charge in [0.1, 0.15) is 22.3 Å². The highest BCUT2D eigenvalue weighted by Crippen LogP contribution is 2.25. The van der Waals surface area contributed by atoms with Crippen LogP contribution in [0.3, 0.4) is 0 Å². The maximum Gasteiger partial charge on any atom is 0.573 e. The fourth-order valence-corrected chi connectivity index (χ4v) is 4.88. The van der Waals surface area contributed by atoms with Gasteiger partial charge in [0.2, 0.25) is 16.9 Å². The van der Waals surface area contributed by atoms with Crippen LogP contribution in [0.2, 0.25) is 0 Å². The van der Waals surface area contributed by atoms with Crippen molar-refractivity contribution >= 4 is 34.1 Å². The van der Waals surface area contributed by atoms with E-state index < -0.39 is 36.0 Å². The molecule has 0 spiro atoms. The Hall–Kier alpha value is -4.73. The standard InChI is InChI=1S/C29H25F6N5O4S/c30-28(31,32)43-21-8-3-6-19(13-21)15-24(41)37-23-12-11-18(17-36-23)5-1-2-10-26-39-40-27(45-26)38-25(42)16-20-7-4-9-22(14-20)44-29(33,34)35/h3-4,6-9,11-14,17H,1-2,5,10,15-16H2,(H,36,37,41)(H,38,40,42). The number of unbranched alkanes of at least 4 members (excludes halogenated alkanes) is 1. The topological polar surface area (TPSA) is 115 Å². The first kappa shape index (κ1) is 33.2. The molecule has 9 nitrogen and oxygen atoms in total. The molecular weight excluding hydrogens is 628 g/mol. The fraction of sp³-hybridized carbons (Fsp3) is 0.276. The highest BCUT2D eigenvalue weighted by atomic mass is 32.1. The van der Waals surface area contributed by atoms with Gasteiger partial charge >= 0.3 is 12.7 Å². The summed E-state index contributed by atoms with van der Waals surface area (Å²) in [5.41, 5.74) is 1.62. The number of carbonyl (C=O) groups excluding carboxylic acids is 2. The number of hydrogen-bond acceptors (Lipinski definition) is 8. The van der Waals surface area contributed by atoms with E-state index in [1.165, 1.54) is 35.6 Å². The van der Waals surface area contributed by atoms with Crippen LogP contribution in [0.25, 0.3) is 0 Å². The molecule has 0 aliphatic carbocycles. The maximum atomic E-state index is 12.4. The van der Waals surface area contributed by atoms with E-state index in [2.05, 4.69) is 35.3 Å². The van der Waals surface area contributed by atoms with E-state index in [4.69, 9.17) is 0 Å². The van der Waals surface area contributed by atoms with Crippen molar-refractivity contribution in [2.45, 2.75) is 51.2 Å². The molecule has 0 atom stereocenters. The lowest BCUT2D eigenvalue weighted by Gasteiger charge is -2.10. The average molecular weight is 654 g/mol. The summed E-state index contributed by atoms with van der Waals surface area (Å²) in [6.45, 7) is 0. The van der Waals surface area contributed by atoms with E-state index in [0.29, 0.717) is 34.8 Å². The number of alkyl halides is 6. The molecule has 0 bridgehead atoms. The van der Waals surface area contributed by atoms with Crippen LogP contribution in [-0.4, -0.2) is 39.7 Å². The lowest BCUT2D eigenvalue weighted by molar-refractivity contribution is -0.275. The molecule has 4 rings (SSSR count). The van der Waals surface area contributed by atoms with E-state index in [1.54, 1.807) is 12.3 Å². The molecule has 238 valence electrons. The number of pyridine rings is 1. The molecule has 0 saturated carbocycles. The minimum absolute atomic E-state index is 0.163. The Bertz CT molecular complexity index is 1600. The minimum Gasteiger partial charge on any atom is -0.406 e. The zero-order valence-electron chi connectivity index (χ0n) is 23.2. The first-order valence-electron chi connectivity index (χ1n) is 13.4. The molecule has 16 heteroatoms. The van der Waals surface area contributed by atoms with Gasteiger partial charge in [-0.3, -0.25) is 9.59 Å². The number of benzene rings is 2. The number of aromatic nitrogens is 3. The largest absolute Gasteiger partial charge is 0.573 e. The molecule has 0 unspecified atom stereocenters. The van der Waals surface area contributed by atoms with Crippen molar-refractivity contribution in [3.05, 3.63) is 88.6 Å². The number of halogens is 6. The molecule has 4 aromatic rings. The van der Waals surface area contributed by atoms with Gasteiger partial charge in [0, 0.05) is 12.6 Å². The molecule has 0 aliphatic heterocycles. The summed E-state index contributed by atoms with van der Waals surface area (Å²) in [6.07, 6.45) is -5.49. The zero-order chi connectivity index (χ0) is 32.5. The molecule has 0 radical (unpaired) electrons. The van der Waals surface area contributed by atoms with Gasteiger partial charge in [-0.1, -0.05) is 41.7 Å². The number of anilines is 2. The van der Waals surface area contributed by atoms with Crippen molar-refractivity contribution < 1.29 is 45.4 Å². The van der Waals surface area contributed by atoms with Gasteiger partial charge in [-0.2, -0.15) is 0 Å². The van der Waals surface area contributed by atoms with Gasteiger partial charge in [-0.25, -0.2) is 4.98 Å². The first-order valence-corrected chi connectivity index (χ1v) is 14.2. The van der Waals surface area contributed by atoms with Gasteiger partial charge in [0.25, 0.3) is 0 Å². The van der Waals surface area contributed by atoms with Gasteiger partial charge in [0.05, 0.1) is 12.8 Å². The summed E-state index contributed by atoms with van der Waals surface area (Å²) in [5, 5.41) is 14.2. The van der Waals surface area contributed by atoms with Gasteiger partial charge in [0.15, 0.2) is 0 Å². The molecule has 2 aromatic heterocycles. The number of ether oxygens (including phenoxy) is 2. The van der Waals surface area contributed by atoms with E-state index in [9.17, 15) is 35.9 Å². The third-order valence-electron chi connectivity index (χ3n) is 5.90. The number of rotatable bonds is 13. The summed E-state index contributed by atoms with van der Waals surface area (Å²) < 4.78 is 82.2.